The van der Waals surface area contributed by atoms with Gasteiger partial charge in [-0.1, -0.05) is 0 Å². The van der Waals surface area contributed by atoms with Crippen LogP contribution >= 0.6 is 46.6 Å². The Morgan fingerprint density at radius 1 is 1.45 bits per heavy atom. The van der Waals surface area contributed by atoms with Crippen molar-refractivity contribution < 1.29 is 4.55 Å². The maximum Gasteiger partial charge on any atom is 0.232 e. The lowest BCUT2D eigenvalue weighted by molar-refractivity contribution is 0.585. The van der Waals surface area contributed by atoms with E-state index in [0.29, 0.717) is 17.5 Å². The van der Waals surface area contributed by atoms with Gasteiger partial charge in [-0.15, -0.1) is 23.7 Å². The predicted molar refractivity (Wildman–Crippen MR) is 94.6 cm³/mol. The van der Waals surface area contributed by atoms with Crippen LogP contribution < -0.4 is 22.5 Å². The highest BCUT2D eigenvalue weighted by atomic mass is 35.5. The quantitative estimate of drug-likeness (QED) is 0.235. The SMILES string of the molecule is Cl.NC(N)=Nc1nc(CSCCNc2n[s+]([O-])nc2N)cs1. The summed E-state index contributed by atoms with van der Waals surface area (Å²) in [6, 6.07) is 0. The van der Waals surface area contributed by atoms with E-state index in [1.54, 1.807) is 11.8 Å². The number of guanidine groups is 1. The first-order valence-electron chi connectivity index (χ1n) is 5.75. The van der Waals surface area contributed by atoms with Gasteiger partial charge in [0.25, 0.3) is 0 Å². The summed E-state index contributed by atoms with van der Waals surface area (Å²) in [5.74, 6) is 2.13. The molecule has 0 fully saturated rings. The van der Waals surface area contributed by atoms with E-state index >= 15 is 0 Å². The number of anilines is 2. The van der Waals surface area contributed by atoms with Gasteiger partial charge in [0.15, 0.2) is 17.1 Å². The number of nitrogens with one attached hydrogen (secondary N) is 1. The molecule has 9 nitrogen and oxygen atoms in total. The molecule has 0 saturated heterocycles. The van der Waals surface area contributed by atoms with Gasteiger partial charge in [-0.2, -0.15) is 16.8 Å². The van der Waals surface area contributed by atoms with Gasteiger partial charge in [0, 0.05) is 32.2 Å². The molecule has 1 atom stereocenters. The number of thiazole rings is 1. The standard InChI is InChI=1S/C9H14N8OS3.ClH/c10-6-7(17-21(18)16-6)13-1-2-19-3-5-4-20-9(14-5)15-8(11)12;/h4H,1-3H2,(H2,10,16)(H,13,17)(H4,11,12,14,15);1H. The third kappa shape index (κ3) is 5.81. The highest BCUT2D eigenvalue weighted by molar-refractivity contribution is 7.98. The number of hydrogen-bond acceptors (Lipinski definition) is 9. The highest BCUT2D eigenvalue weighted by Gasteiger charge is 2.11. The second kappa shape index (κ2) is 8.95. The van der Waals surface area contributed by atoms with Crippen LogP contribution in [0.15, 0.2) is 10.4 Å². The largest absolute Gasteiger partial charge is 0.546 e. The van der Waals surface area contributed by atoms with Gasteiger partial charge in [-0.05, 0) is 0 Å². The monoisotopic (exact) mass is 382 g/mol. The van der Waals surface area contributed by atoms with Crippen LogP contribution in [0.5, 0.6) is 0 Å². The molecular formula is C9H15ClN8OS3. The van der Waals surface area contributed by atoms with Crippen molar-refractivity contribution in [1.29, 1.82) is 0 Å². The normalized spacial score (nSPS) is 10.9. The molecule has 122 valence electrons. The summed E-state index contributed by atoms with van der Waals surface area (Å²) in [6.45, 7) is 0.641. The number of rotatable bonds is 7. The number of aromatic nitrogens is 3. The number of thioether (sulfide) groups is 1. The fourth-order valence-corrected chi connectivity index (χ4v) is 3.51. The van der Waals surface area contributed by atoms with Crippen molar-refractivity contribution in [3.05, 3.63) is 11.1 Å². The lowest BCUT2D eigenvalue weighted by Crippen LogP contribution is -2.21. The van der Waals surface area contributed by atoms with Gasteiger partial charge in [0.2, 0.25) is 16.8 Å². The van der Waals surface area contributed by atoms with E-state index in [2.05, 4.69) is 24.0 Å². The Morgan fingerprint density at radius 3 is 2.86 bits per heavy atom. The Morgan fingerprint density at radius 2 is 2.23 bits per heavy atom. The Hall–Kier alpha value is -1.34. The van der Waals surface area contributed by atoms with E-state index < -0.39 is 11.1 Å². The minimum atomic E-state index is -1.58. The molecule has 7 N–H and O–H groups in total. The summed E-state index contributed by atoms with van der Waals surface area (Å²) in [7, 11) is 0. The summed E-state index contributed by atoms with van der Waals surface area (Å²) in [6.07, 6.45) is 0. The smallest absolute Gasteiger partial charge is 0.232 e. The van der Waals surface area contributed by atoms with Crippen LogP contribution in [-0.2, 0) is 5.75 Å². The fraction of sp³-hybridized carbons (Fsp3) is 0.333. The Balaban J connectivity index is 0.00000242. The third-order valence-corrected chi connectivity index (χ3v) is 4.61. The van der Waals surface area contributed by atoms with Crippen molar-refractivity contribution in [3.63, 3.8) is 0 Å². The minimum absolute atomic E-state index is 0. The van der Waals surface area contributed by atoms with Crippen molar-refractivity contribution in [2.75, 3.05) is 23.3 Å². The number of halogens is 1. The van der Waals surface area contributed by atoms with Crippen LogP contribution in [0.4, 0.5) is 16.8 Å². The maximum absolute atomic E-state index is 11.0. The molecule has 2 aromatic heterocycles. The maximum atomic E-state index is 11.0. The second-order valence-electron chi connectivity index (χ2n) is 3.78. The molecule has 2 heterocycles. The number of nitrogen functional groups attached to an aromatic ring is 1. The van der Waals surface area contributed by atoms with Gasteiger partial charge in [-0.25, -0.2) is 4.98 Å². The zero-order valence-electron chi connectivity index (χ0n) is 11.3. The number of aliphatic imine (C=N–C) groups is 1. The van der Waals surface area contributed by atoms with Crippen LogP contribution in [0.3, 0.4) is 0 Å². The van der Waals surface area contributed by atoms with E-state index in [1.165, 1.54) is 11.3 Å². The molecule has 1 unspecified atom stereocenters. The van der Waals surface area contributed by atoms with Crippen LogP contribution in [0, 0.1) is 0 Å². The molecule has 0 aliphatic carbocycles. The molecule has 2 aromatic rings. The summed E-state index contributed by atoms with van der Waals surface area (Å²) >= 11 is 1.49. The van der Waals surface area contributed by atoms with Gasteiger partial charge >= 0.3 is 0 Å². The van der Waals surface area contributed by atoms with Gasteiger partial charge in [0.1, 0.15) is 0 Å². The van der Waals surface area contributed by atoms with E-state index in [9.17, 15) is 4.55 Å². The van der Waals surface area contributed by atoms with E-state index in [0.717, 1.165) is 17.2 Å². The molecule has 0 aliphatic rings. The Labute approximate surface area is 144 Å². The van der Waals surface area contributed by atoms with Gasteiger partial charge in [0.05, 0.1) is 5.69 Å². The van der Waals surface area contributed by atoms with Crippen LogP contribution in [-0.4, -0.2) is 36.5 Å². The van der Waals surface area contributed by atoms with Crippen molar-refractivity contribution in [2.24, 2.45) is 16.5 Å². The number of nitrogens with zero attached hydrogens (tertiary/aromatic N) is 4. The first-order chi connectivity index (χ1) is 10.0. The first kappa shape index (κ1) is 18.7. The highest BCUT2D eigenvalue weighted by Crippen LogP contribution is 2.22. The van der Waals surface area contributed by atoms with Gasteiger partial charge in [-0.3, -0.25) is 0 Å². The molecule has 22 heavy (non-hydrogen) atoms. The molecule has 0 spiro atoms. The summed E-state index contributed by atoms with van der Waals surface area (Å²) < 4.78 is 18.3. The average molecular weight is 383 g/mol. The second-order valence-corrected chi connectivity index (χ2v) is 6.55. The molecular weight excluding hydrogens is 368 g/mol. The molecule has 0 amide bonds. The predicted octanol–water partition coefficient (Wildman–Crippen LogP) is 0.915. The molecule has 0 aliphatic heterocycles. The first-order valence-corrected chi connectivity index (χ1v) is 8.85. The van der Waals surface area contributed by atoms with E-state index in [4.69, 9.17) is 17.2 Å². The topological polar surface area (TPSA) is 164 Å². The number of nitrogens with two attached hydrogens (primary N) is 3. The summed E-state index contributed by atoms with van der Waals surface area (Å²) in [5, 5.41) is 5.45. The lowest BCUT2D eigenvalue weighted by Gasteiger charge is -2.01. The molecule has 0 radical (unpaired) electrons. The Bertz CT molecular complexity index is 626. The minimum Gasteiger partial charge on any atom is -0.546 e. The van der Waals surface area contributed by atoms with Crippen molar-refractivity contribution in [2.45, 2.75) is 5.75 Å². The van der Waals surface area contributed by atoms with E-state index in [-0.39, 0.29) is 24.2 Å². The molecule has 2 rings (SSSR count). The Kier molecular flexibility index (Phi) is 7.61. The van der Waals surface area contributed by atoms with Gasteiger partial charge < -0.3 is 27.1 Å². The van der Waals surface area contributed by atoms with Crippen molar-refractivity contribution >= 4 is 69.4 Å². The molecule has 0 aromatic carbocycles. The van der Waals surface area contributed by atoms with Crippen LogP contribution in [0.2, 0.25) is 0 Å². The summed E-state index contributed by atoms with van der Waals surface area (Å²) in [5.41, 5.74) is 17.0. The van der Waals surface area contributed by atoms with Crippen LogP contribution in [0.1, 0.15) is 5.69 Å². The zero-order chi connectivity index (χ0) is 15.2. The number of hydrogen-bond donors (Lipinski definition) is 4. The van der Waals surface area contributed by atoms with Crippen molar-refractivity contribution in [1.82, 2.24) is 13.7 Å². The fourth-order valence-electron chi connectivity index (χ4n) is 1.34. The molecule has 13 heteroatoms. The van der Waals surface area contributed by atoms with Crippen molar-refractivity contribution in [3.8, 4) is 0 Å². The van der Waals surface area contributed by atoms with E-state index in [1.807, 2.05) is 5.38 Å². The zero-order valence-corrected chi connectivity index (χ0v) is 14.5. The van der Waals surface area contributed by atoms with Crippen LogP contribution in [0.25, 0.3) is 0 Å². The molecule has 0 bridgehead atoms. The summed E-state index contributed by atoms with van der Waals surface area (Å²) in [4.78, 5) is 8.15. The average Bonchev–Trinajstić information content (AvgIpc) is 2.95. The molecule has 0 saturated carbocycles. The third-order valence-electron chi connectivity index (χ3n) is 2.14. The lowest BCUT2D eigenvalue weighted by atomic mass is 10.6.